The third kappa shape index (κ3) is 1.64. The molecule has 0 saturated carbocycles. The molecule has 0 radical (unpaired) electrons. The Morgan fingerprint density at radius 3 is 2.56 bits per heavy atom. The smallest absolute Gasteiger partial charge is 0.0584 e. The second-order valence-corrected chi connectivity index (χ2v) is 2.83. The molecule has 0 aromatic rings. The molecular formula is C6H15N3. The van der Waals surface area contributed by atoms with E-state index in [1.165, 1.54) is 0 Å². The van der Waals surface area contributed by atoms with Crippen molar-refractivity contribution in [2.24, 2.45) is 11.5 Å². The standard InChI is InChI=1S/C6H15N3/c1-9-3-2-5(7)4-6(9)8/h5-6H,2-4,7-8H2,1H3. The SMILES string of the molecule is CN1CCC(N)CC1N. The van der Waals surface area contributed by atoms with Gasteiger partial charge >= 0.3 is 0 Å². The fourth-order valence-electron chi connectivity index (χ4n) is 1.14. The van der Waals surface area contributed by atoms with Gasteiger partial charge in [0.2, 0.25) is 0 Å². The summed E-state index contributed by atoms with van der Waals surface area (Å²) in [6.07, 6.45) is 2.22. The lowest BCUT2D eigenvalue weighted by atomic mass is 10.0. The molecule has 1 aliphatic rings. The quantitative estimate of drug-likeness (QED) is 0.456. The van der Waals surface area contributed by atoms with Crippen LogP contribution in [-0.4, -0.2) is 30.7 Å². The molecule has 54 valence electrons. The van der Waals surface area contributed by atoms with E-state index in [1.54, 1.807) is 0 Å². The lowest BCUT2D eigenvalue weighted by molar-refractivity contribution is 0.175. The van der Waals surface area contributed by atoms with Gasteiger partial charge in [-0.25, -0.2) is 0 Å². The third-order valence-corrected chi connectivity index (χ3v) is 1.96. The Hall–Kier alpha value is -0.120. The van der Waals surface area contributed by atoms with E-state index in [0.29, 0.717) is 6.04 Å². The van der Waals surface area contributed by atoms with E-state index in [4.69, 9.17) is 11.5 Å². The van der Waals surface area contributed by atoms with Crippen LogP contribution in [-0.2, 0) is 0 Å². The predicted octanol–water partition coefficient (Wildman–Crippen LogP) is -0.676. The van der Waals surface area contributed by atoms with E-state index in [0.717, 1.165) is 19.4 Å². The molecule has 4 N–H and O–H groups in total. The number of rotatable bonds is 0. The Balaban J connectivity index is 2.35. The van der Waals surface area contributed by atoms with Gasteiger partial charge in [0, 0.05) is 12.6 Å². The van der Waals surface area contributed by atoms with Crippen LogP contribution in [0.3, 0.4) is 0 Å². The zero-order chi connectivity index (χ0) is 6.85. The van der Waals surface area contributed by atoms with E-state index >= 15 is 0 Å². The molecule has 0 aliphatic carbocycles. The van der Waals surface area contributed by atoms with Crippen molar-refractivity contribution >= 4 is 0 Å². The predicted molar refractivity (Wildman–Crippen MR) is 37.8 cm³/mol. The molecule has 1 fully saturated rings. The van der Waals surface area contributed by atoms with Crippen LogP contribution < -0.4 is 11.5 Å². The third-order valence-electron chi connectivity index (χ3n) is 1.96. The second kappa shape index (κ2) is 2.64. The van der Waals surface area contributed by atoms with Crippen molar-refractivity contribution in [3.05, 3.63) is 0 Å². The van der Waals surface area contributed by atoms with E-state index in [2.05, 4.69) is 4.90 Å². The number of hydrogen-bond acceptors (Lipinski definition) is 3. The highest BCUT2D eigenvalue weighted by Crippen LogP contribution is 2.09. The molecule has 0 amide bonds. The minimum absolute atomic E-state index is 0.189. The maximum atomic E-state index is 5.71. The minimum atomic E-state index is 0.189. The maximum absolute atomic E-state index is 5.71. The van der Waals surface area contributed by atoms with Gasteiger partial charge < -0.3 is 11.5 Å². The number of hydrogen-bond donors (Lipinski definition) is 2. The molecule has 1 saturated heterocycles. The van der Waals surface area contributed by atoms with Crippen LogP contribution in [0.4, 0.5) is 0 Å². The van der Waals surface area contributed by atoms with Gasteiger partial charge in [0.05, 0.1) is 6.17 Å². The van der Waals surface area contributed by atoms with Crippen LogP contribution in [0.5, 0.6) is 0 Å². The van der Waals surface area contributed by atoms with E-state index < -0.39 is 0 Å². The van der Waals surface area contributed by atoms with Crippen LogP contribution in [0.1, 0.15) is 12.8 Å². The molecule has 1 heterocycles. The highest BCUT2D eigenvalue weighted by molar-refractivity contribution is 4.77. The van der Waals surface area contributed by atoms with Crippen molar-refractivity contribution in [2.45, 2.75) is 25.0 Å². The van der Waals surface area contributed by atoms with Gasteiger partial charge in [-0.2, -0.15) is 0 Å². The summed E-state index contributed by atoms with van der Waals surface area (Å²) in [4.78, 5) is 2.14. The summed E-state index contributed by atoms with van der Waals surface area (Å²) in [6.45, 7) is 1.04. The molecule has 0 spiro atoms. The highest BCUT2D eigenvalue weighted by Gasteiger charge is 2.19. The number of nitrogens with zero attached hydrogens (tertiary/aromatic N) is 1. The number of piperidine rings is 1. The van der Waals surface area contributed by atoms with Gasteiger partial charge in [-0.05, 0) is 19.9 Å². The van der Waals surface area contributed by atoms with Crippen molar-refractivity contribution in [1.82, 2.24) is 4.90 Å². The van der Waals surface area contributed by atoms with Crippen LogP contribution in [0.25, 0.3) is 0 Å². The summed E-state index contributed by atoms with van der Waals surface area (Å²) in [5, 5.41) is 0. The lowest BCUT2D eigenvalue weighted by Crippen LogP contribution is -2.49. The Labute approximate surface area is 56.0 Å². The molecule has 2 unspecified atom stereocenters. The second-order valence-electron chi connectivity index (χ2n) is 2.83. The van der Waals surface area contributed by atoms with E-state index in [9.17, 15) is 0 Å². The van der Waals surface area contributed by atoms with Gasteiger partial charge in [-0.1, -0.05) is 0 Å². The molecule has 3 heteroatoms. The zero-order valence-electron chi connectivity index (χ0n) is 5.88. The van der Waals surface area contributed by atoms with Crippen molar-refractivity contribution in [3.63, 3.8) is 0 Å². The van der Waals surface area contributed by atoms with Crippen LogP contribution in [0, 0.1) is 0 Å². The molecule has 0 aromatic heterocycles. The Kier molecular flexibility index (Phi) is 2.05. The molecule has 2 atom stereocenters. The van der Waals surface area contributed by atoms with Crippen molar-refractivity contribution in [2.75, 3.05) is 13.6 Å². The van der Waals surface area contributed by atoms with Crippen LogP contribution in [0.2, 0.25) is 0 Å². The summed E-state index contributed by atoms with van der Waals surface area (Å²) in [7, 11) is 2.04. The van der Waals surface area contributed by atoms with Crippen molar-refractivity contribution in [1.29, 1.82) is 0 Å². The fourth-order valence-corrected chi connectivity index (χ4v) is 1.14. The first kappa shape index (κ1) is 6.99. The average Bonchev–Trinajstić information content (AvgIpc) is 1.80. The van der Waals surface area contributed by atoms with Crippen molar-refractivity contribution < 1.29 is 0 Å². The first-order chi connectivity index (χ1) is 4.20. The molecule has 1 rings (SSSR count). The molecule has 1 aliphatic heterocycles. The lowest BCUT2D eigenvalue weighted by Gasteiger charge is -2.32. The molecule has 0 aromatic carbocycles. The zero-order valence-corrected chi connectivity index (χ0v) is 5.88. The molecule has 9 heavy (non-hydrogen) atoms. The van der Waals surface area contributed by atoms with E-state index in [-0.39, 0.29) is 6.17 Å². The summed E-state index contributed by atoms with van der Waals surface area (Å²) >= 11 is 0. The normalized spacial score (nSPS) is 39.0. The summed E-state index contributed by atoms with van der Waals surface area (Å²) in [5.74, 6) is 0. The molecule has 3 nitrogen and oxygen atoms in total. The molecular weight excluding hydrogens is 114 g/mol. The Bertz CT molecular complexity index is 94.3. The van der Waals surface area contributed by atoms with Gasteiger partial charge in [0.1, 0.15) is 0 Å². The number of nitrogens with two attached hydrogens (primary N) is 2. The summed E-state index contributed by atoms with van der Waals surface area (Å²) < 4.78 is 0. The van der Waals surface area contributed by atoms with E-state index in [1.807, 2.05) is 7.05 Å². The Morgan fingerprint density at radius 2 is 2.11 bits per heavy atom. The minimum Gasteiger partial charge on any atom is -0.328 e. The van der Waals surface area contributed by atoms with Crippen molar-refractivity contribution in [3.8, 4) is 0 Å². The largest absolute Gasteiger partial charge is 0.328 e. The van der Waals surface area contributed by atoms with Gasteiger partial charge in [-0.15, -0.1) is 0 Å². The van der Waals surface area contributed by atoms with Gasteiger partial charge in [0.25, 0.3) is 0 Å². The molecule has 0 bridgehead atoms. The number of likely N-dealkylation sites (tertiary alicyclic amines) is 1. The highest BCUT2D eigenvalue weighted by atomic mass is 15.2. The topological polar surface area (TPSA) is 55.3 Å². The van der Waals surface area contributed by atoms with Gasteiger partial charge in [-0.3, -0.25) is 4.90 Å². The first-order valence-corrected chi connectivity index (χ1v) is 3.41. The van der Waals surface area contributed by atoms with Crippen LogP contribution >= 0.6 is 0 Å². The summed E-state index contributed by atoms with van der Waals surface area (Å²) in [6, 6.07) is 0.330. The maximum Gasteiger partial charge on any atom is 0.0584 e. The summed E-state index contributed by atoms with van der Waals surface area (Å²) in [5.41, 5.74) is 11.4. The Morgan fingerprint density at radius 1 is 1.44 bits per heavy atom. The van der Waals surface area contributed by atoms with Gasteiger partial charge in [0.15, 0.2) is 0 Å². The van der Waals surface area contributed by atoms with Crippen LogP contribution in [0.15, 0.2) is 0 Å². The monoisotopic (exact) mass is 129 g/mol. The average molecular weight is 129 g/mol. The first-order valence-electron chi connectivity index (χ1n) is 3.41. The fraction of sp³-hybridized carbons (Fsp3) is 1.00.